The SMILES string of the molecule is CC(c1cccs1)n1cncc1C(C)(C)N. The van der Waals surface area contributed by atoms with Crippen molar-refractivity contribution in [1.82, 2.24) is 9.55 Å². The fourth-order valence-electron chi connectivity index (χ4n) is 1.78. The molecule has 3 nitrogen and oxygen atoms in total. The van der Waals surface area contributed by atoms with Gasteiger partial charge in [-0.15, -0.1) is 11.3 Å². The van der Waals surface area contributed by atoms with Gasteiger partial charge in [-0.25, -0.2) is 4.98 Å². The van der Waals surface area contributed by atoms with E-state index >= 15 is 0 Å². The van der Waals surface area contributed by atoms with Crippen molar-refractivity contribution in [2.75, 3.05) is 0 Å². The van der Waals surface area contributed by atoms with Crippen LogP contribution >= 0.6 is 11.3 Å². The highest BCUT2D eigenvalue weighted by atomic mass is 32.1. The van der Waals surface area contributed by atoms with Crippen LogP contribution in [-0.4, -0.2) is 9.55 Å². The van der Waals surface area contributed by atoms with Crippen molar-refractivity contribution in [3.63, 3.8) is 0 Å². The van der Waals surface area contributed by atoms with E-state index in [2.05, 4.69) is 34.0 Å². The summed E-state index contributed by atoms with van der Waals surface area (Å²) in [6.07, 6.45) is 3.71. The van der Waals surface area contributed by atoms with E-state index in [-0.39, 0.29) is 5.54 Å². The number of nitrogens with zero attached hydrogens (tertiary/aromatic N) is 2. The van der Waals surface area contributed by atoms with E-state index in [1.807, 2.05) is 26.4 Å². The standard InChI is InChI=1S/C12H17N3S/c1-9(10-5-4-6-16-10)15-8-14-7-11(15)12(2,3)13/h4-9H,13H2,1-3H3. The predicted molar refractivity (Wildman–Crippen MR) is 67.6 cm³/mol. The minimum Gasteiger partial charge on any atom is -0.325 e. The first-order valence-corrected chi connectivity index (χ1v) is 6.22. The summed E-state index contributed by atoms with van der Waals surface area (Å²) in [5, 5.41) is 2.09. The van der Waals surface area contributed by atoms with Gasteiger partial charge < -0.3 is 10.3 Å². The molecular weight excluding hydrogens is 218 g/mol. The Morgan fingerprint density at radius 2 is 2.25 bits per heavy atom. The molecule has 16 heavy (non-hydrogen) atoms. The van der Waals surface area contributed by atoms with E-state index in [1.54, 1.807) is 11.3 Å². The van der Waals surface area contributed by atoms with Gasteiger partial charge in [0.25, 0.3) is 0 Å². The van der Waals surface area contributed by atoms with E-state index in [4.69, 9.17) is 5.73 Å². The number of rotatable bonds is 3. The van der Waals surface area contributed by atoms with Gasteiger partial charge in [-0.05, 0) is 32.2 Å². The Kier molecular flexibility index (Phi) is 2.86. The van der Waals surface area contributed by atoms with Gasteiger partial charge in [0, 0.05) is 4.88 Å². The second-order valence-electron chi connectivity index (χ2n) is 4.60. The lowest BCUT2D eigenvalue weighted by molar-refractivity contribution is 0.479. The Morgan fingerprint density at radius 3 is 2.81 bits per heavy atom. The zero-order chi connectivity index (χ0) is 11.8. The molecule has 2 N–H and O–H groups in total. The summed E-state index contributed by atoms with van der Waals surface area (Å²) in [6.45, 7) is 6.17. The molecule has 2 rings (SSSR count). The van der Waals surface area contributed by atoms with Crippen LogP contribution in [0, 0.1) is 0 Å². The van der Waals surface area contributed by atoms with Crippen LogP contribution < -0.4 is 5.73 Å². The highest BCUT2D eigenvalue weighted by molar-refractivity contribution is 7.10. The first-order chi connectivity index (χ1) is 7.50. The molecule has 0 aliphatic rings. The second-order valence-corrected chi connectivity index (χ2v) is 5.58. The van der Waals surface area contributed by atoms with Gasteiger partial charge in [0.15, 0.2) is 0 Å². The van der Waals surface area contributed by atoms with E-state index in [1.165, 1.54) is 4.88 Å². The Hall–Kier alpha value is -1.13. The third-order valence-corrected chi connectivity index (χ3v) is 3.74. The van der Waals surface area contributed by atoms with Gasteiger partial charge >= 0.3 is 0 Å². The molecule has 0 radical (unpaired) electrons. The van der Waals surface area contributed by atoms with Crippen molar-refractivity contribution in [3.05, 3.63) is 40.6 Å². The first kappa shape index (κ1) is 11.4. The summed E-state index contributed by atoms with van der Waals surface area (Å²) in [5.41, 5.74) is 6.84. The van der Waals surface area contributed by atoms with E-state index in [0.29, 0.717) is 6.04 Å². The maximum Gasteiger partial charge on any atom is 0.0954 e. The molecule has 0 saturated carbocycles. The molecule has 0 aromatic carbocycles. The fraction of sp³-hybridized carbons (Fsp3) is 0.417. The molecule has 1 unspecified atom stereocenters. The Labute approximate surface area is 99.9 Å². The average Bonchev–Trinajstić information content (AvgIpc) is 2.87. The molecule has 0 spiro atoms. The molecule has 4 heteroatoms. The number of nitrogens with two attached hydrogens (primary N) is 1. The van der Waals surface area contributed by atoms with Crippen LogP contribution in [0.1, 0.15) is 37.4 Å². The Bertz CT molecular complexity index is 451. The highest BCUT2D eigenvalue weighted by Gasteiger charge is 2.22. The third-order valence-electron chi connectivity index (χ3n) is 2.70. The number of hydrogen-bond donors (Lipinski definition) is 1. The quantitative estimate of drug-likeness (QED) is 0.889. The lowest BCUT2D eigenvalue weighted by Crippen LogP contribution is -2.32. The normalized spacial score (nSPS) is 14.0. The minimum absolute atomic E-state index is 0.292. The number of aromatic nitrogens is 2. The van der Waals surface area contributed by atoms with Gasteiger partial charge in [-0.1, -0.05) is 6.07 Å². The number of hydrogen-bond acceptors (Lipinski definition) is 3. The molecule has 2 aromatic heterocycles. The molecule has 1 atom stereocenters. The van der Waals surface area contributed by atoms with Gasteiger partial charge in [0.05, 0.1) is 29.8 Å². The van der Waals surface area contributed by atoms with Crippen molar-refractivity contribution in [2.24, 2.45) is 5.73 Å². The molecule has 0 bridgehead atoms. The summed E-state index contributed by atoms with van der Waals surface area (Å²) in [6, 6.07) is 4.50. The van der Waals surface area contributed by atoms with Crippen molar-refractivity contribution in [3.8, 4) is 0 Å². The second kappa shape index (κ2) is 4.03. The topological polar surface area (TPSA) is 43.8 Å². The fourth-order valence-corrected chi connectivity index (χ4v) is 2.56. The van der Waals surface area contributed by atoms with Crippen LogP contribution in [0.3, 0.4) is 0 Å². The van der Waals surface area contributed by atoms with E-state index in [9.17, 15) is 0 Å². The molecule has 0 aliphatic heterocycles. The van der Waals surface area contributed by atoms with Gasteiger partial charge in [-0.3, -0.25) is 0 Å². The Morgan fingerprint density at radius 1 is 1.50 bits per heavy atom. The van der Waals surface area contributed by atoms with Gasteiger partial charge in [0.2, 0.25) is 0 Å². The van der Waals surface area contributed by atoms with Crippen molar-refractivity contribution in [2.45, 2.75) is 32.4 Å². The summed E-state index contributed by atoms with van der Waals surface area (Å²) in [7, 11) is 0. The summed E-state index contributed by atoms with van der Waals surface area (Å²) in [4.78, 5) is 5.53. The van der Waals surface area contributed by atoms with Crippen LogP contribution in [0.15, 0.2) is 30.0 Å². The molecule has 0 saturated heterocycles. The van der Waals surface area contributed by atoms with Gasteiger partial charge in [-0.2, -0.15) is 0 Å². The van der Waals surface area contributed by atoms with E-state index < -0.39 is 0 Å². The molecule has 0 aliphatic carbocycles. The van der Waals surface area contributed by atoms with Crippen LogP contribution in [0.4, 0.5) is 0 Å². The predicted octanol–water partition coefficient (Wildman–Crippen LogP) is 2.75. The summed E-state index contributed by atoms with van der Waals surface area (Å²) < 4.78 is 2.14. The smallest absolute Gasteiger partial charge is 0.0954 e. The molecule has 2 aromatic rings. The molecular formula is C12H17N3S. The first-order valence-electron chi connectivity index (χ1n) is 5.34. The maximum absolute atomic E-state index is 6.14. The Balaban J connectivity index is 2.38. The third kappa shape index (κ3) is 2.03. The van der Waals surface area contributed by atoms with Crippen molar-refractivity contribution >= 4 is 11.3 Å². The zero-order valence-corrected chi connectivity index (χ0v) is 10.7. The maximum atomic E-state index is 6.14. The van der Waals surface area contributed by atoms with Crippen LogP contribution in [0.5, 0.6) is 0 Å². The largest absolute Gasteiger partial charge is 0.325 e. The van der Waals surface area contributed by atoms with Crippen LogP contribution in [0.2, 0.25) is 0 Å². The zero-order valence-electron chi connectivity index (χ0n) is 9.84. The van der Waals surface area contributed by atoms with Crippen molar-refractivity contribution < 1.29 is 0 Å². The minimum atomic E-state index is -0.359. The monoisotopic (exact) mass is 235 g/mol. The molecule has 0 fully saturated rings. The van der Waals surface area contributed by atoms with Crippen molar-refractivity contribution in [1.29, 1.82) is 0 Å². The summed E-state index contributed by atoms with van der Waals surface area (Å²) >= 11 is 1.76. The lowest BCUT2D eigenvalue weighted by Gasteiger charge is -2.24. The summed E-state index contributed by atoms with van der Waals surface area (Å²) in [5.74, 6) is 0. The molecule has 86 valence electrons. The molecule has 0 amide bonds. The molecule has 2 heterocycles. The number of imidazole rings is 1. The lowest BCUT2D eigenvalue weighted by atomic mass is 10.0. The number of thiophene rings is 1. The van der Waals surface area contributed by atoms with E-state index in [0.717, 1.165) is 5.69 Å². The average molecular weight is 235 g/mol. The van der Waals surface area contributed by atoms with Crippen LogP contribution in [-0.2, 0) is 5.54 Å². The highest BCUT2D eigenvalue weighted by Crippen LogP contribution is 2.27. The van der Waals surface area contributed by atoms with Gasteiger partial charge in [0.1, 0.15) is 0 Å². The van der Waals surface area contributed by atoms with Crippen LogP contribution in [0.25, 0.3) is 0 Å².